The molecule has 7 nitrogen and oxygen atoms in total. The summed E-state index contributed by atoms with van der Waals surface area (Å²) in [6.07, 6.45) is 2.47. The molecule has 27 heavy (non-hydrogen) atoms. The molecule has 1 amide bonds. The number of ether oxygens (including phenoxy) is 2. The van der Waals surface area contributed by atoms with Gasteiger partial charge in [0, 0.05) is 18.0 Å². The molecule has 1 aliphatic rings. The summed E-state index contributed by atoms with van der Waals surface area (Å²) >= 11 is 6.30. The summed E-state index contributed by atoms with van der Waals surface area (Å²) in [6.45, 7) is 7.51. The lowest BCUT2D eigenvalue weighted by Crippen LogP contribution is -2.43. The van der Waals surface area contributed by atoms with Gasteiger partial charge in [-0.1, -0.05) is 28.8 Å². The van der Waals surface area contributed by atoms with Crippen molar-refractivity contribution in [2.45, 2.75) is 45.6 Å². The summed E-state index contributed by atoms with van der Waals surface area (Å²) in [7, 11) is 0. The van der Waals surface area contributed by atoms with E-state index in [-0.39, 0.29) is 19.2 Å². The predicted octanol–water partition coefficient (Wildman–Crippen LogP) is 5.22. The average molecular weight is 395 g/mol. The molecule has 1 aliphatic heterocycles. The maximum atomic E-state index is 12.4. The van der Waals surface area contributed by atoms with Gasteiger partial charge in [0.25, 0.3) is 0 Å². The third kappa shape index (κ3) is 6.85. The number of amides is 1. The van der Waals surface area contributed by atoms with Crippen molar-refractivity contribution < 1.29 is 14.3 Å². The molecule has 1 saturated heterocycles. The van der Waals surface area contributed by atoms with Crippen LogP contribution in [0.15, 0.2) is 23.3 Å². The number of piperidine rings is 1. The molecular weight excluding hydrogens is 368 g/mol. The number of benzene rings is 1. The van der Waals surface area contributed by atoms with E-state index < -0.39 is 5.60 Å². The highest BCUT2D eigenvalue weighted by Gasteiger charge is 2.28. The van der Waals surface area contributed by atoms with Crippen LogP contribution in [0.5, 0.6) is 5.75 Å². The number of hydrogen-bond donors (Lipinski definition) is 0. The van der Waals surface area contributed by atoms with Gasteiger partial charge < -0.3 is 14.4 Å². The fourth-order valence-electron chi connectivity index (χ4n) is 3.14. The maximum Gasteiger partial charge on any atom is 0.410 e. The highest BCUT2D eigenvalue weighted by atomic mass is 35.5. The van der Waals surface area contributed by atoms with Gasteiger partial charge in [-0.05, 0) is 63.1 Å². The fraction of sp³-hybridized carbons (Fsp3) is 0.632. The van der Waals surface area contributed by atoms with Gasteiger partial charge in [0.15, 0.2) is 0 Å². The third-order valence-electron chi connectivity index (χ3n) is 4.23. The topological polar surface area (TPSA) is 87.5 Å². The first-order valence-electron chi connectivity index (χ1n) is 9.19. The first-order valence-corrected chi connectivity index (χ1v) is 9.57. The van der Waals surface area contributed by atoms with Crippen LogP contribution >= 0.6 is 11.6 Å². The van der Waals surface area contributed by atoms with E-state index in [0.717, 1.165) is 31.4 Å². The van der Waals surface area contributed by atoms with Crippen molar-refractivity contribution in [3.8, 4) is 5.75 Å². The molecule has 0 radical (unpaired) electrons. The van der Waals surface area contributed by atoms with E-state index >= 15 is 0 Å². The smallest absolute Gasteiger partial charge is 0.410 e. The quantitative estimate of drug-likeness (QED) is 0.287. The maximum absolute atomic E-state index is 12.4. The molecule has 1 heterocycles. The van der Waals surface area contributed by atoms with E-state index in [1.54, 1.807) is 11.0 Å². The number of para-hydroxylation sites is 1. The molecule has 0 aromatic heterocycles. The van der Waals surface area contributed by atoms with Crippen LogP contribution in [0.25, 0.3) is 10.4 Å². The zero-order valence-corrected chi connectivity index (χ0v) is 16.9. The molecule has 8 heteroatoms. The second-order valence-corrected chi connectivity index (χ2v) is 8.08. The predicted molar refractivity (Wildman–Crippen MR) is 105 cm³/mol. The van der Waals surface area contributed by atoms with Crippen LogP contribution in [-0.4, -0.2) is 42.8 Å². The normalized spacial score (nSPS) is 17.2. The van der Waals surface area contributed by atoms with Crippen LogP contribution in [0.3, 0.4) is 0 Å². The van der Waals surface area contributed by atoms with Crippen LogP contribution in [0.4, 0.5) is 4.79 Å². The van der Waals surface area contributed by atoms with Gasteiger partial charge in [0.1, 0.15) is 11.4 Å². The van der Waals surface area contributed by atoms with Crippen LogP contribution in [-0.2, 0) is 11.2 Å². The number of hydrogen-bond acceptors (Lipinski definition) is 4. The number of azide groups is 1. The lowest BCUT2D eigenvalue weighted by Gasteiger charge is -2.34. The minimum absolute atomic E-state index is 0.247. The highest BCUT2D eigenvalue weighted by molar-refractivity contribution is 6.32. The van der Waals surface area contributed by atoms with Gasteiger partial charge in [-0.2, -0.15) is 0 Å². The highest BCUT2D eigenvalue weighted by Crippen LogP contribution is 2.32. The molecule has 0 saturated carbocycles. The van der Waals surface area contributed by atoms with Crippen molar-refractivity contribution in [2.24, 2.45) is 11.0 Å². The van der Waals surface area contributed by atoms with Gasteiger partial charge in [0.2, 0.25) is 0 Å². The largest absolute Gasteiger partial charge is 0.492 e. The van der Waals surface area contributed by atoms with Crippen molar-refractivity contribution in [2.75, 3.05) is 26.2 Å². The van der Waals surface area contributed by atoms with Gasteiger partial charge >= 0.3 is 6.09 Å². The molecule has 148 valence electrons. The van der Waals surface area contributed by atoms with E-state index in [0.29, 0.717) is 23.2 Å². The molecular formula is C19H27ClN4O3. The summed E-state index contributed by atoms with van der Waals surface area (Å²) in [5.41, 5.74) is 8.87. The van der Waals surface area contributed by atoms with E-state index in [9.17, 15) is 4.79 Å². The summed E-state index contributed by atoms with van der Waals surface area (Å²) in [6, 6.07) is 5.66. The minimum Gasteiger partial charge on any atom is -0.492 e. The van der Waals surface area contributed by atoms with Gasteiger partial charge in [-0.25, -0.2) is 4.79 Å². The minimum atomic E-state index is -0.496. The Labute approximate surface area is 165 Å². The SMILES string of the molecule is CC(C)(C)OC(=O)N1CCC[C@H](Cc2cccc(Cl)c2OCCN=[N+]=[N-])C1. The van der Waals surface area contributed by atoms with Gasteiger partial charge in [0.05, 0.1) is 18.2 Å². The molecule has 0 unspecified atom stereocenters. The fourth-order valence-corrected chi connectivity index (χ4v) is 3.39. The average Bonchev–Trinajstić information content (AvgIpc) is 2.59. The van der Waals surface area contributed by atoms with Crippen LogP contribution in [0.1, 0.15) is 39.2 Å². The summed E-state index contributed by atoms with van der Waals surface area (Å²) in [4.78, 5) is 16.9. The molecule has 1 aromatic rings. The number of likely N-dealkylation sites (tertiary alicyclic amines) is 1. The Kier molecular flexibility index (Phi) is 7.63. The summed E-state index contributed by atoms with van der Waals surface area (Å²) < 4.78 is 11.2. The Morgan fingerprint density at radius 3 is 2.93 bits per heavy atom. The van der Waals surface area contributed by atoms with Crippen LogP contribution in [0.2, 0.25) is 5.02 Å². The van der Waals surface area contributed by atoms with Crippen LogP contribution < -0.4 is 4.74 Å². The lowest BCUT2D eigenvalue weighted by molar-refractivity contribution is 0.0166. The van der Waals surface area contributed by atoms with Crippen molar-refractivity contribution in [1.82, 2.24) is 4.90 Å². The Balaban J connectivity index is 2.02. The summed E-state index contributed by atoms with van der Waals surface area (Å²) in [5, 5.41) is 4.01. The van der Waals surface area contributed by atoms with Crippen molar-refractivity contribution >= 4 is 17.7 Å². The number of nitrogens with zero attached hydrogens (tertiary/aromatic N) is 4. The van der Waals surface area contributed by atoms with E-state index in [4.69, 9.17) is 26.6 Å². The van der Waals surface area contributed by atoms with Gasteiger partial charge in [-0.3, -0.25) is 0 Å². The molecule has 2 rings (SSSR count). The van der Waals surface area contributed by atoms with Crippen LogP contribution in [0, 0.1) is 5.92 Å². The first kappa shape index (κ1) is 21.2. The zero-order chi connectivity index (χ0) is 19.9. The Bertz CT molecular complexity index is 699. The third-order valence-corrected chi connectivity index (χ3v) is 4.53. The number of rotatable bonds is 6. The van der Waals surface area contributed by atoms with Crippen molar-refractivity contribution in [3.63, 3.8) is 0 Å². The molecule has 0 spiro atoms. The standard InChI is InChI=1S/C19H27ClN4O3/c1-19(2,3)27-18(25)24-10-5-6-14(13-24)12-15-7-4-8-16(20)17(15)26-11-9-22-23-21/h4,7-8,14H,5-6,9-13H2,1-3H3/t14-/m1/s1. The molecule has 0 bridgehead atoms. The van der Waals surface area contributed by atoms with Gasteiger partial charge in [-0.15, -0.1) is 0 Å². The Morgan fingerprint density at radius 2 is 2.22 bits per heavy atom. The monoisotopic (exact) mass is 394 g/mol. The van der Waals surface area contributed by atoms with Crippen molar-refractivity contribution in [1.29, 1.82) is 0 Å². The Hall–Kier alpha value is -2.11. The molecule has 1 fully saturated rings. The molecule has 0 N–H and O–H groups in total. The van der Waals surface area contributed by atoms with E-state index in [1.807, 2.05) is 32.9 Å². The zero-order valence-electron chi connectivity index (χ0n) is 16.2. The number of carbonyl (C=O) groups is 1. The Morgan fingerprint density at radius 1 is 1.44 bits per heavy atom. The van der Waals surface area contributed by atoms with E-state index in [1.165, 1.54) is 0 Å². The lowest BCUT2D eigenvalue weighted by atomic mass is 9.91. The molecule has 1 atom stereocenters. The summed E-state index contributed by atoms with van der Waals surface area (Å²) in [5.74, 6) is 0.936. The second-order valence-electron chi connectivity index (χ2n) is 7.67. The first-order chi connectivity index (χ1) is 12.8. The second kappa shape index (κ2) is 9.72. The van der Waals surface area contributed by atoms with Crippen molar-refractivity contribution in [3.05, 3.63) is 39.2 Å². The number of carbonyl (C=O) groups excluding carboxylic acids is 1. The molecule has 1 aromatic carbocycles. The molecule has 0 aliphatic carbocycles. The number of halogens is 1. The van der Waals surface area contributed by atoms with E-state index in [2.05, 4.69) is 10.0 Å².